The van der Waals surface area contributed by atoms with Crippen molar-refractivity contribution in [1.82, 2.24) is 14.9 Å². The molecule has 0 spiro atoms. The molecule has 1 aromatic rings. The van der Waals surface area contributed by atoms with Crippen molar-refractivity contribution in [2.45, 2.75) is 24.9 Å². The zero-order valence-electron chi connectivity index (χ0n) is 12.6. The molecule has 0 aliphatic carbocycles. The number of thioether (sulfide) groups is 1. The molecule has 1 atom stereocenters. The minimum Gasteiger partial charge on any atom is -0.370 e. The predicted octanol–water partition coefficient (Wildman–Crippen LogP) is 2.38. The van der Waals surface area contributed by atoms with Gasteiger partial charge in [-0.15, -0.1) is 0 Å². The van der Waals surface area contributed by atoms with Gasteiger partial charge in [-0.25, -0.2) is 9.97 Å². The molecular weight excluding hydrogens is 270 g/mol. The minimum atomic E-state index is 0.712. The number of rotatable bonds is 6. The maximum atomic E-state index is 4.52. The van der Waals surface area contributed by atoms with E-state index >= 15 is 0 Å². The third kappa shape index (κ3) is 4.52. The van der Waals surface area contributed by atoms with Crippen molar-refractivity contribution in [3.05, 3.63) is 6.07 Å². The van der Waals surface area contributed by atoms with Crippen LogP contribution in [0.4, 0.5) is 11.6 Å². The minimum absolute atomic E-state index is 0.712. The highest BCUT2D eigenvalue weighted by Gasteiger charge is 2.17. The summed E-state index contributed by atoms with van der Waals surface area (Å²) in [5, 5.41) is 7.54. The van der Waals surface area contributed by atoms with Gasteiger partial charge in [0, 0.05) is 25.7 Å². The lowest BCUT2D eigenvalue weighted by Gasteiger charge is -2.29. The van der Waals surface area contributed by atoms with E-state index in [1.54, 1.807) is 11.8 Å². The van der Waals surface area contributed by atoms with E-state index in [0.29, 0.717) is 5.92 Å². The lowest BCUT2D eigenvalue weighted by Crippen LogP contribution is -2.35. The first-order valence-corrected chi connectivity index (χ1v) is 8.53. The Morgan fingerprint density at radius 3 is 2.75 bits per heavy atom. The summed E-state index contributed by atoms with van der Waals surface area (Å²) < 4.78 is 0. The molecule has 0 aromatic carbocycles. The second kappa shape index (κ2) is 7.69. The molecule has 2 heterocycles. The summed E-state index contributed by atoms with van der Waals surface area (Å²) in [5.74, 6) is 2.53. The second-order valence-electron chi connectivity index (χ2n) is 5.31. The number of anilines is 2. The van der Waals surface area contributed by atoms with Crippen molar-refractivity contribution in [2.75, 3.05) is 50.1 Å². The number of aromatic nitrogens is 2. The first kappa shape index (κ1) is 15.4. The second-order valence-corrected chi connectivity index (χ2v) is 6.08. The van der Waals surface area contributed by atoms with E-state index in [1.165, 1.54) is 25.9 Å². The Kier molecular flexibility index (Phi) is 5.91. The number of nitrogens with one attached hydrogen (secondary N) is 2. The SMILES string of the molecule is CCNc1cc(NCC2CCCN(C)C2)nc(SC)n1. The predicted molar refractivity (Wildman–Crippen MR) is 86.7 cm³/mol. The van der Waals surface area contributed by atoms with Gasteiger partial charge >= 0.3 is 0 Å². The molecule has 1 saturated heterocycles. The lowest BCUT2D eigenvalue weighted by atomic mass is 9.98. The first-order valence-electron chi connectivity index (χ1n) is 7.30. The van der Waals surface area contributed by atoms with Crippen LogP contribution in [0.5, 0.6) is 0 Å². The van der Waals surface area contributed by atoms with Crippen LogP contribution in [-0.4, -0.2) is 54.4 Å². The molecule has 1 aromatic heterocycles. The van der Waals surface area contributed by atoms with Gasteiger partial charge in [0.1, 0.15) is 11.6 Å². The van der Waals surface area contributed by atoms with E-state index in [9.17, 15) is 0 Å². The van der Waals surface area contributed by atoms with Crippen LogP contribution in [-0.2, 0) is 0 Å². The van der Waals surface area contributed by atoms with Gasteiger partial charge in [-0.1, -0.05) is 11.8 Å². The van der Waals surface area contributed by atoms with Crippen LogP contribution >= 0.6 is 11.8 Å². The fourth-order valence-electron chi connectivity index (χ4n) is 2.57. The number of hydrogen-bond donors (Lipinski definition) is 2. The summed E-state index contributed by atoms with van der Waals surface area (Å²) in [6, 6.07) is 2.00. The average molecular weight is 295 g/mol. The van der Waals surface area contributed by atoms with Crippen LogP contribution < -0.4 is 10.6 Å². The molecule has 112 valence electrons. The van der Waals surface area contributed by atoms with Gasteiger partial charge in [0.05, 0.1) is 0 Å². The van der Waals surface area contributed by atoms with Crippen molar-refractivity contribution in [2.24, 2.45) is 5.92 Å². The van der Waals surface area contributed by atoms with Gasteiger partial charge in [-0.3, -0.25) is 0 Å². The third-order valence-electron chi connectivity index (χ3n) is 3.54. The molecule has 6 heteroatoms. The number of likely N-dealkylation sites (tertiary alicyclic amines) is 1. The fourth-order valence-corrected chi connectivity index (χ4v) is 2.95. The molecule has 1 fully saturated rings. The van der Waals surface area contributed by atoms with Crippen molar-refractivity contribution in [1.29, 1.82) is 0 Å². The smallest absolute Gasteiger partial charge is 0.191 e. The molecule has 1 aliphatic heterocycles. The molecule has 1 aliphatic rings. The van der Waals surface area contributed by atoms with Crippen LogP contribution in [0.25, 0.3) is 0 Å². The van der Waals surface area contributed by atoms with Crippen molar-refractivity contribution >= 4 is 23.4 Å². The number of nitrogens with zero attached hydrogens (tertiary/aromatic N) is 3. The molecule has 1 unspecified atom stereocenters. The number of hydrogen-bond acceptors (Lipinski definition) is 6. The topological polar surface area (TPSA) is 53.1 Å². The Morgan fingerprint density at radius 2 is 2.10 bits per heavy atom. The van der Waals surface area contributed by atoms with Gasteiger partial charge in [-0.2, -0.15) is 0 Å². The summed E-state index contributed by atoms with van der Waals surface area (Å²) >= 11 is 1.57. The average Bonchev–Trinajstić information content (AvgIpc) is 2.45. The van der Waals surface area contributed by atoms with E-state index < -0.39 is 0 Å². The standard InChI is InChI=1S/C14H25N5S/c1-4-15-12-8-13(18-14(17-12)20-3)16-9-11-6-5-7-19(2)10-11/h8,11H,4-7,9-10H2,1-3H3,(H2,15,16,17,18). The van der Waals surface area contributed by atoms with E-state index in [4.69, 9.17) is 0 Å². The van der Waals surface area contributed by atoms with Crippen molar-refractivity contribution in [3.63, 3.8) is 0 Å². The Morgan fingerprint density at radius 1 is 1.35 bits per heavy atom. The van der Waals surface area contributed by atoms with E-state index in [0.717, 1.165) is 29.9 Å². The summed E-state index contributed by atoms with van der Waals surface area (Å²) in [4.78, 5) is 11.4. The van der Waals surface area contributed by atoms with Crippen LogP contribution in [0, 0.1) is 5.92 Å². The summed E-state index contributed by atoms with van der Waals surface area (Å²) in [6.45, 7) is 6.34. The highest BCUT2D eigenvalue weighted by molar-refractivity contribution is 7.98. The molecule has 5 nitrogen and oxygen atoms in total. The normalized spacial score (nSPS) is 19.9. The van der Waals surface area contributed by atoms with Crippen LogP contribution in [0.1, 0.15) is 19.8 Å². The van der Waals surface area contributed by atoms with Gasteiger partial charge < -0.3 is 15.5 Å². The van der Waals surface area contributed by atoms with Gasteiger partial charge in [0.15, 0.2) is 5.16 Å². The molecular formula is C14H25N5S. The van der Waals surface area contributed by atoms with Gasteiger partial charge in [-0.05, 0) is 45.5 Å². The van der Waals surface area contributed by atoms with Crippen LogP contribution in [0.15, 0.2) is 11.2 Å². The van der Waals surface area contributed by atoms with Crippen molar-refractivity contribution < 1.29 is 0 Å². The Hall–Kier alpha value is -1.01. The zero-order chi connectivity index (χ0) is 14.4. The van der Waals surface area contributed by atoms with E-state index in [-0.39, 0.29) is 0 Å². The molecule has 0 saturated carbocycles. The van der Waals surface area contributed by atoms with Gasteiger partial charge in [0.25, 0.3) is 0 Å². The molecule has 20 heavy (non-hydrogen) atoms. The summed E-state index contributed by atoms with van der Waals surface area (Å²) in [7, 11) is 2.20. The molecule has 0 amide bonds. The Balaban J connectivity index is 1.95. The third-order valence-corrected chi connectivity index (χ3v) is 4.09. The Bertz CT molecular complexity index is 426. The molecule has 2 N–H and O–H groups in total. The van der Waals surface area contributed by atoms with Crippen molar-refractivity contribution in [3.8, 4) is 0 Å². The fraction of sp³-hybridized carbons (Fsp3) is 0.714. The van der Waals surface area contributed by atoms with E-state index in [2.05, 4.69) is 39.5 Å². The maximum Gasteiger partial charge on any atom is 0.191 e. The number of piperidine rings is 1. The largest absolute Gasteiger partial charge is 0.370 e. The Labute approximate surface area is 125 Å². The summed E-state index contributed by atoms with van der Waals surface area (Å²) in [6.07, 6.45) is 4.61. The van der Waals surface area contributed by atoms with Gasteiger partial charge in [0.2, 0.25) is 0 Å². The monoisotopic (exact) mass is 295 g/mol. The molecule has 0 bridgehead atoms. The highest BCUT2D eigenvalue weighted by Crippen LogP contribution is 2.19. The maximum absolute atomic E-state index is 4.52. The zero-order valence-corrected chi connectivity index (χ0v) is 13.5. The lowest BCUT2D eigenvalue weighted by molar-refractivity contribution is 0.217. The van der Waals surface area contributed by atoms with E-state index in [1.807, 2.05) is 12.3 Å². The molecule has 0 radical (unpaired) electrons. The molecule has 2 rings (SSSR count). The summed E-state index contributed by atoms with van der Waals surface area (Å²) in [5.41, 5.74) is 0. The quantitative estimate of drug-likeness (QED) is 0.621. The first-order chi connectivity index (χ1) is 9.71. The van der Waals surface area contributed by atoms with Crippen LogP contribution in [0.2, 0.25) is 0 Å². The van der Waals surface area contributed by atoms with Crippen LogP contribution in [0.3, 0.4) is 0 Å². The highest BCUT2D eigenvalue weighted by atomic mass is 32.2.